The molecular weight excluding hydrogens is 232 g/mol. The van der Waals surface area contributed by atoms with Crippen molar-refractivity contribution >= 4 is 5.97 Å². The zero-order valence-corrected chi connectivity index (χ0v) is 11.3. The maximum absolute atomic E-state index is 11.6. The SMILES string of the molecule is CCOC(=O)C1CCC(O)(CNCCCN)CC1. The second kappa shape index (κ2) is 7.71. The second-order valence-electron chi connectivity index (χ2n) is 5.07. The van der Waals surface area contributed by atoms with Gasteiger partial charge in [-0.15, -0.1) is 0 Å². The molecule has 0 amide bonds. The molecule has 0 bridgehead atoms. The molecule has 5 heteroatoms. The highest BCUT2D eigenvalue weighted by Gasteiger charge is 2.35. The van der Waals surface area contributed by atoms with Crippen LogP contribution in [0.4, 0.5) is 0 Å². The van der Waals surface area contributed by atoms with Gasteiger partial charge in [0.25, 0.3) is 0 Å². The number of ether oxygens (including phenoxy) is 1. The predicted octanol–water partition coefficient (Wildman–Crippen LogP) is 0.409. The Morgan fingerprint density at radius 2 is 2.17 bits per heavy atom. The first kappa shape index (κ1) is 15.4. The van der Waals surface area contributed by atoms with Crippen molar-refractivity contribution in [2.75, 3.05) is 26.2 Å². The summed E-state index contributed by atoms with van der Waals surface area (Å²) in [5.41, 5.74) is 4.74. The van der Waals surface area contributed by atoms with Crippen LogP contribution in [0.25, 0.3) is 0 Å². The van der Waals surface area contributed by atoms with Crippen molar-refractivity contribution in [1.82, 2.24) is 5.32 Å². The van der Waals surface area contributed by atoms with E-state index in [0.29, 0.717) is 45.4 Å². The van der Waals surface area contributed by atoms with E-state index in [4.69, 9.17) is 10.5 Å². The van der Waals surface area contributed by atoms with Gasteiger partial charge in [-0.2, -0.15) is 0 Å². The number of hydrogen-bond acceptors (Lipinski definition) is 5. The van der Waals surface area contributed by atoms with Crippen LogP contribution in [0.5, 0.6) is 0 Å². The van der Waals surface area contributed by atoms with E-state index < -0.39 is 5.60 Å². The van der Waals surface area contributed by atoms with Crippen molar-refractivity contribution in [2.45, 2.75) is 44.6 Å². The molecule has 0 radical (unpaired) electrons. The molecule has 1 rings (SSSR count). The maximum Gasteiger partial charge on any atom is 0.308 e. The number of carbonyl (C=O) groups is 1. The number of hydrogen-bond donors (Lipinski definition) is 3. The third kappa shape index (κ3) is 4.92. The highest BCUT2D eigenvalue weighted by molar-refractivity contribution is 5.72. The van der Waals surface area contributed by atoms with E-state index in [2.05, 4.69) is 5.32 Å². The van der Waals surface area contributed by atoms with Gasteiger partial charge >= 0.3 is 5.97 Å². The topological polar surface area (TPSA) is 84.6 Å². The summed E-state index contributed by atoms with van der Waals surface area (Å²) in [6.45, 7) is 4.33. The summed E-state index contributed by atoms with van der Waals surface area (Å²) in [4.78, 5) is 11.6. The molecule has 1 aliphatic carbocycles. The average molecular weight is 258 g/mol. The summed E-state index contributed by atoms with van der Waals surface area (Å²) in [6.07, 6.45) is 3.67. The monoisotopic (exact) mass is 258 g/mol. The van der Waals surface area contributed by atoms with Crippen LogP contribution in [0.2, 0.25) is 0 Å². The van der Waals surface area contributed by atoms with Crippen LogP contribution in [0.3, 0.4) is 0 Å². The molecule has 0 unspecified atom stereocenters. The highest BCUT2D eigenvalue weighted by atomic mass is 16.5. The van der Waals surface area contributed by atoms with Crippen LogP contribution in [-0.2, 0) is 9.53 Å². The fraction of sp³-hybridized carbons (Fsp3) is 0.923. The quantitative estimate of drug-likeness (QED) is 0.455. The molecule has 4 N–H and O–H groups in total. The summed E-state index contributed by atoms with van der Waals surface area (Å²) < 4.78 is 5.01. The molecular formula is C13H26N2O3. The summed E-state index contributed by atoms with van der Waals surface area (Å²) in [5.74, 6) is -0.148. The van der Waals surface area contributed by atoms with Gasteiger partial charge in [0, 0.05) is 6.54 Å². The van der Waals surface area contributed by atoms with Gasteiger partial charge in [-0.25, -0.2) is 0 Å². The van der Waals surface area contributed by atoms with Gasteiger partial charge in [-0.1, -0.05) is 0 Å². The molecule has 0 aliphatic heterocycles. The number of aliphatic hydroxyl groups is 1. The van der Waals surface area contributed by atoms with E-state index in [1.54, 1.807) is 0 Å². The lowest BCUT2D eigenvalue weighted by Crippen LogP contribution is -2.45. The minimum atomic E-state index is -0.669. The fourth-order valence-corrected chi connectivity index (χ4v) is 2.38. The van der Waals surface area contributed by atoms with Crippen molar-refractivity contribution in [2.24, 2.45) is 11.7 Å². The van der Waals surface area contributed by atoms with Crippen molar-refractivity contribution in [1.29, 1.82) is 0 Å². The van der Waals surface area contributed by atoms with Gasteiger partial charge in [0.05, 0.1) is 18.1 Å². The molecule has 0 atom stereocenters. The second-order valence-corrected chi connectivity index (χ2v) is 5.07. The minimum Gasteiger partial charge on any atom is -0.466 e. The molecule has 0 aromatic rings. The maximum atomic E-state index is 11.6. The van der Waals surface area contributed by atoms with Gasteiger partial charge in [-0.3, -0.25) is 4.79 Å². The van der Waals surface area contributed by atoms with Crippen molar-refractivity contribution < 1.29 is 14.6 Å². The van der Waals surface area contributed by atoms with Gasteiger partial charge < -0.3 is 20.9 Å². The van der Waals surface area contributed by atoms with E-state index in [1.165, 1.54) is 0 Å². The predicted molar refractivity (Wildman–Crippen MR) is 70.1 cm³/mol. The number of esters is 1. The molecule has 0 heterocycles. The third-order valence-corrected chi connectivity index (χ3v) is 3.55. The van der Waals surface area contributed by atoms with Crippen LogP contribution < -0.4 is 11.1 Å². The van der Waals surface area contributed by atoms with Crippen LogP contribution in [0, 0.1) is 5.92 Å². The minimum absolute atomic E-state index is 0.0331. The zero-order chi connectivity index (χ0) is 13.4. The van der Waals surface area contributed by atoms with Crippen LogP contribution in [0.1, 0.15) is 39.0 Å². The molecule has 0 aromatic heterocycles. The van der Waals surface area contributed by atoms with Gasteiger partial charge in [0.2, 0.25) is 0 Å². The summed E-state index contributed by atoms with van der Waals surface area (Å²) in [7, 11) is 0. The largest absolute Gasteiger partial charge is 0.466 e. The summed E-state index contributed by atoms with van der Waals surface area (Å²) in [6, 6.07) is 0. The number of nitrogens with one attached hydrogen (secondary N) is 1. The molecule has 5 nitrogen and oxygen atoms in total. The van der Waals surface area contributed by atoms with E-state index in [0.717, 1.165) is 13.0 Å². The Morgan fingerprint density at radius 3 is 2.72 bits per heavy atom. The lowest BCUT2D eigenvalue weighted by Gasteiger charge is -2.35. The van der Waals surface area contributed by atoms with E-state index in [-0.39, 0.29) is 11.9 Å². The van der Waals surface area contributed by atoms with E-state index >= 15 is 0 Å². The number of nitrogens with two attached hydrogens (primary N) is 1. The lowest BCUT2D eigenvalue weighted by molar-refractivity contribution is -0.151. The van der Waals surface area contributed by atoms with Crippen LogP contribution >= 0.6 is 0 Å². The van der Waals surface area contributed by atoms with Gasteiger partial charge in [0.1, 0.15) is 0 Å². The lowest BCUT2D eigenvalue weighted by atomic mass is 9.79. The molecule has 1 aliphatic rings. The van der Waals surface area contributed by atoms with Crippen LogP contribution in [0.15, 0.2) is 0 Å². The van der Waals surface area contributed by atoms with Crippen molar-refractivity contribution in [3.8, 4) is 0 Å². The number of rotatable bonds is 7. The Morgan fingerprint density at radius 1 is 1.50 bits per heavy atom. The van der Waals surface area contributed by atoms with Crippen LogP contribution in [-0.4, -0.2) is 42.9 Å². The van der Waals surface area contributed by atoms with Gasteiger partial charge in [0.15, 0.2) is 0 Å². The van der Waals surface area contributed by atoms with E-state index in [1.807, 2.05) is 6.92 Å². The van der Waals surface area contributed by atoms with E-state index in [9.17, 15) is 9.90 Å². The van der Waals surface area contributed by atoms with Crippen molar-refractivity contribution in [3.05, 3.63) is 0 Å². The molecule has 0 aromatic carbocycles. The zero-order valence-electron chi connectivity index (χ0n) is 11.3. The smallest absolute Gasteiger partial charge is 0.308 e. The first-order valence-electron chi connectivity index (χ1n) is 6.91. The normalized spacial score (nSPS) is 28.1. The standard InChI is InChI=1S/C13H26N2O3/c1-2-18-12(16)11-4-6-13(17,7-5-11)10-15-9-3-8-14/h11,15,17H,2-10,14H2,1H3. The highest BCUT2D eigenvalue weighted by Crippen LogP contribution is 2.32. The van der Waals surface area contributed by atoms with Gasteiger partial charge in [-0.05, 0) is 52.1 Å². The summed E-state index contributed by atoms with van der Waals surface area (Å²) in [5, 5.41) is 13.6. The Labute approximate surface area is 109 Å². The molecule has 0 saturated heterocycles. The Kier molecular flexibility index (Phi) is 6.60. The average Bonchev–Trinajstić information content (AvgIpc) is 2.36. The molecule has 1 fully saturated rings. The molecule has 18 heavy (non-hydrogen) atoms. The fourth-order valence-electron chi connectivity index (χ4n) is 2.38. The molecule has 106 valence electrons. The van der Waals surface area contributed by atoms with Crippen molar-refractivity contribution in [3.63, 3.8) is 0 Å². The number of carbonyl (C=O) groups excluding carboxylic acids is 1. The Hall–Kier alpha value is -0.650. The Balaban J connectivity index is 2.26. The molecule has 0 spiro atoms. The Bertz CT molecular complexity index is 251. The first-order valence-corrected chi connectivity index (χ1v) is 6.91. The molecule has 1 saturated carbocycles. The summed E-state index contributed by atoms with van der Waals surface area (Å²) >= 11 is 0. The third-order valence-electron chi connectivity index (χ3n) is 3.55. The first-order chi connectivity index (χ1) is 8.61.